The summed E-state index contributed by atoms with van der Waals surface area (Å²) in [5, 5.41) is 3.36. The topological polar surface area (TPSA) is 21.3 Å². The average molecular weight is 303 g/mol. The minimum absolute atomic E-state index is 0.100. The second kappa shape index (κ2) is 7.80. The summed E-state index contributed by atoms with van der Waals surface area (Å²) in [7, 11) is 0. The zero-order chi connectivity index (χ0) is 16.0. The second-order valence-corrected chi connectivity index (χ2v) is 5.16. The maximum Gasteiger partial charge on any atom is 0.416 e. The van der Waals surface area contributed by atoms with Crippen LogP contribution in [0.5, 0.6) is 0 Å². The summed E-state index contributed by atoms with van der Waals surface area (Å²) < 4.78 is 43.9. The number of aryl methyl sites for hydroxylation is 1. The van der Waals surface area contributed by atoms with Crippen LogP contribution in [0.15, 0.2) is 18.2 Å². The fourth-order valence-electron chi connectivity index (χ4n) is 2.39. The van der Waals surface area contributed by atoms with Gasteiger partial charge in [-0.05, 0) is 57.0 Å². The van der Waals surface area contributed by atoms with Crippen molar-refractivity contribution >= 4 is 0 Å². The van der Waals surface area contributed by atoms with Crippen molar-refractivity contribution in [2.24, 2.45) is 0 Å². The molecule has 1 aromatic carbocycles. The van der Waals surface area contributed by atoms with Crippen molar-refractivity contribution in [3.8, 4) is 0 Å². The highest BCUT2D eigenvalue weighted by Crippen LogP contribution is 2.32. The van der Waals surface area contributed by atoms with Crippen molar-refractivity contribution in [1.82, 2.24) is 5.32 Å². The largest absolute Gasteiger partial charge is 0.416 e. The van der Waals surface area contributed by atoms with Gasteiger partial charge in [-0.3, -0.25) is 0 Å². The van der Waals surface area contributed by atoms with E-state index < -0.39 is 11.7 Å². The molecule has 0 aliphatic heterocycles. The van der Waals surface area contributed by atoms with Crippen molar-refractivity contribution in [3.63, 3.8) is 0 Å². The van der Waals surface area contributed by atoms with E-state index in [9.17, 15) is 13.2 Å². The predicted octanol–water partition coefficient (Wildman–Crippen LogP) is 4.48. The van der Waals surface area contributed by atoms with Crippen LogP contribution in [0.1, 0.15) is 49.9 Å². The molecule has 0 fully saturated rings. The number of nitrogens with one attached hydrogen (secondary N) is 1. The van der Waals surface area contributed by atoms with Gasteiger partial charge in [-0.1, -0.05) is 13.0 Å². The monoisotopic (exact) mass is 303 g/mol. The third kappa shape index (κ3) is 5.00. The first-order chi connectivity index (χ1) is 9.81. The first-order valence-corrected chi connectivity index (χ1v) is 7.34. The summed E-state index contributed by atoms with van der Waals surface area (Å²) in [6.07, 6.45) is -3.45. The maximum atomic E-state index is 12.7. The van der Waals surface area contributed by atoms with Crippen LogP contribution in [0.25, 0.3) is 0 Å². The second-order valence-electron chi connectivity index (χ2n) is 5.16. The Kier molecular flexibility index (Phi) is 6.68. The Morgan fingerprint density at radius 3 is 2.38 bits per heavy atom. The molecule has 0 saturated carbocycles. The molecule has 0 bridgehead atoms. The molecule has 0 aliphatic carbocycles. The SMILES string of the molecule is CCCNC(c1ccc(C(F)(F)F)cc1C)C(C)OCC. The first-order valence-electron chi connectivity index (χ1n) is 7.34. The first kappa shape index (κ1) is 18.0. The van der Waals surface area contributed by atoms with Crippen LogP contribution in [-0.2, 0) is 10.9 Å². The third-order valence-corrected chi connectivity index (χ3v) is 3.45. The smallest absolute Gasteiger partial charge is 0.377 e. The number of halogens is 3. The highest BCUT2D eigenvalue weighted by Gasteiger charge is 2.31. The summed E-state index contributed by atoms with van der Waals surface area (Å²) in [4.78, 5) is 0. The molecular formula is C16H24F3NO. The molecule has 120 valence electrons. The van der Waals surface area contributed by atoms with Crippen LogP contribution in [0.2, 0.25) is 0 Å². The van der Waals surface area contributed by atoms with Gasteiger partial charge in [-0.15, -0.1) is 0 Å². The van der Waals surface area contributed by atoms with Crippen molar-refractivity contribution < 1.29 is 17.9 Å². The predicted molar refractivity (Wildman–Crippen MR) is 78.3 cm³/mol. The van der Waals surface area contributed by atoms with Crippen LogP contribution in [0.3, 0.4) is 0 Å². The highest BCUT2D eigenvalue weighted by atomic mass is 19.4. The molecule has 2 unspecified atom stereocenters. The van der Waals surface area contributed by atoms with Crippen molar-refractivity contribution in [2.75, 3.05) is 13.2 Å². The molecule has 0 amide bonds. The summed E-state index contributed by atoms with van der Waals surface area (Å²) in [5.41, 5.74) is 0.879. The fourth-order valence-corrected chi connectivity index (χ4v) is 2.39. The Labute approximate surface area is 124 Å². The zero-order valence-electron chi connectivity index (χ0n) is 13.1. The molecule has 2 atom stereocenters. The minimum atomic E-state index is -4.30. The van der Waals surface area contributed by atoms with E-state index in [-0.39, 0.29) is 12.1 Å². The average Bonchev–Trinajstić information content (AvgIpc) is 2.39. The Morgan fingerprint density at radius 1 is 1.24 bits per heavy atom. The van der Waals surface area contributed by atoms with Crippen LogP contribution >= 0.6 is 0 Å². The lowest BCUT2D eigenvalue weighted by Gasteiger charge is -2.27. The van der Waals surface area contributed by atoms with Crippen molar-refractivity contribution in [2.45, 2.75) is 52.4 Å². The van der Waals surface area contributed by atoms with Gasteiger partial charge in [0.1, 0.15) is 0 Å². The van der Waals surface area contributed by atoms with E-state index in [1.807, 2.05) is 13.8 Å². The van der Waals surface area contributed by atoms with E-state index in [1.165, 1.54) is 6.07 Å². The minimum Gasteiger partial charge on any atom is -0.377 e. The lowest BCUT2D eigenvalue weighted by Crippen LogP contribution is -2.33. The van der Waals surface area contributed by atoms with Gasteiger partial charge in [0.05, 0.1) is 17.7 Å². The molecule has 0 radical (unpaired) electrons. The van der Waals surface area contributed by atoms with Gasteiger partial charge in [0, 0.05) is 6.61 Å². The normalized spacial score (nSPS) is 15.0. The van der Waals surface area contributed by atoms with Gasteiger partial charge >= 0.3 is 6.18 Å². The zero-order valence-corrected chi connectivity index (χ0v) is 13.1. The summed E-state index contributed by atoms with van der Waals surface area (Å²) >= 11 is 0. The third-order valence-electron chi connectivity index (χ3n) is 3.45. The Morgan fingerprint density at radius 2 is 1.90 bits per heavy atom. The lowest BCUT2D eigenvalue weighted by atomic mass is 9.95. The van der Waals surface area contributed by atoms with E-state index in [4.69, 9.17) is 4.74 Å². The molecule has 2 nitrogen and oxygen atoms in total. The maximum absolute atomic E-state index is 12.7. The van der Waals surface area contributed by atoms with Gasteiger partial charge in [-0.25, -0.2) is 0 Å². The van der Waals surface area contributed by atoms with Crippen molar-refractivity contribution in [1.29, 1.82) is 0 Å². The molecule has 0 aliphatic rings. The number of hydrogen-bond acceptors (Lipinski definition) is 2. The summed E-state index contributed by atoms with van der Waals surface area (Å²) in [6.45, 7) is 8.98. The van der Waals surface area contributed by atoms with Gasteiger partial charge in [0.25, 0.3) is 0 Å². The summed E-state index contributed by atoms with van der Waals surface area (Å²) in [5.74, 6) is 0. The number of alkyl halides is 3. The van der Waals surface area contributed by atoms with Gasteiger partial charge in [0.2, 0.25) is 0 Å². The van der Waals surface area contributed by atoms with Crippen molar-refractivity contribution in [3.05, 3.63) is 34.9 Å². The van der Waals surface area contributed by atoms with Gasteiger partial charge in [-0.2, -0.15) is 13.2 Å². The molecular weight excluding hydrogens is 279 g/mol. The molecule has 0 saturated heterocycles. The number of rotatable bonds is 7. The van der Waals surface area contributed by atoms with E-state index in [0.717, 1.165) is 24.6 Å². The molecule has 0 spiro atoms. The van der Waals surface area contributed by atoms with Gasteiger partial charge in [0.15, 0.2) is 0 Å². The Balaban J connectivity index is 3.07. The lowest BCUT2D eigenvalue weighted by molar-refractivity contribution is -0.137. The molecule has 21 heavy (non-hydrogen) atoms. The molecule has 1 N–H and O–H groups in total. The molecule has 0 heterocycles. The van der Waals surface area contributed by atoms with E-state index >= 15 is 0 Å². The molecule has 1 rings (SSSR count). The number of ether oxygens (including phenoxy) is 1. The van der Waals surface area contributed by atoms with Crippen LogP contribution < -0.4 is 5.32 Å². The van der Waals surface area contributed by atoms with Crippen LogP contribution in [0.4, 0.5) is 13.2 Å². The van der Waals surface area contributed by atoms with Crippen LogP contribution in [0, 0.1) is 6.92 Å². The number of benzene rings is 1. The molecule has 0 aromatic heterocycles. The van der Waals surface area contributed by atoms with E-state index in [2.05, 4.69) is 12.2 Å². The Bertz CT molecular complexity index is 446. The van der Waals surface area contributed by atoms with Crippen LogP contribution in [-0.4, -0.2) is 19.3 Å². The molecule has 1 aromatic rings. The standard InChI is InChI=1S/C16H24F3NO/c1-5-9-20-15(12(4)21-6-2)14-8-7-13(10-11(14)3)16(17,18)19/h7-8,10,12,15,20H,5-6,9H2,1-4H3. The Hall–Kier alpha value is -1.07. The molecule has 5 heteroatoms. The van der Waals surface area contributed by atoms with E-state index in [0.29, 0.717) is 12.2 Å². The highest BCUT2D eigenvalue weighted by molar-refractivity contribution is 5.35. The quantitative estimate of drug-likeness (QED) is 0.802. The number of hydrogen-bond donors (Lipinski definition) is 1. The van der Waals surface area contributed by atoms with Gasteiger partial charge < -0.3 is 10.1 Å². The fraction of sp³-hybridized carbons (Fsp3) is 0.625. The van der Waals surface area contributed by atoms with E-state index in [1.54, 1.807) is 13.0 Å². The summed E-state index contributed by atoms with van der Waals surface area (Å²) in [6, 6.07) is 3.80.